The first-order valence-corrected chi connectivity index (χ1v) is 8.02. The van der Waals surface area contributed by atoms with Crippen LogP contribution in [0.5, 0.6) is 11.5 Å². The van der Waals surface area contributed by atoms with Gasteiger partial charge in [-0.25, -0.2) is 0 Å². The molecule has 0 saturated heterocycles. The molecule has 1 aromatic carbocycles. The molecule has 0 spiro atoms. The van der Waals surface area contributed by atoms with Crippen LogP contribution in [0.1, 0.15) is 15.9 Å². The monoisotopic (exact) mass is 452 g/mol. The molecule has 0 aliphatic rings. The molecule has 100 valence electrons. The highest BCUT2D eigenvalue weighted by Gasteiger charge is 2.20. The van der Waals surface area contributed by atoms with Gasteiger partial charge in [0.1, 0.15) is 16.0 Å². The second kappa shape index (κ2) is 6.23. The number of halogens is 2. The Kier molecular flexibility index (Phi) is 4.86. The van der Waals surface area contributed by atoms with Crippen LogP contribution < -0.4 is 9.47 Å². The lowest BCUT2D eigenvalue weighted by Crippen LogP contribution is -2.04. The van der Waals surface area contributed by atoms with E-state index in [2.05, 4.69) is 38.5 Å². The lowest BCUT2D eigenvalue weighted by atomic mass is 10.0. The predicted molar refractivity (Wildman–Crippen MR) is 87.7 cm³/mol. The highest BCUT2D eigenvalue weighted by Crippen LogP contribution is 2.38. The van der Waals surface area contributed by atoms with Crippen LogP contribution in [-0.4, -0.2) is 20.0 Å². The average Bonchev–Trinajstić information content (AvgIpc) is 2.84. The first kappa shape index (κ1) is 14.8. The largest absolute Gasteiger partial charge is 0.495 e. The topological polar surface area (TPSA) is 35.5 Å². The molecule has 3 nitrogen and oxygen atoms in total. The summed E-state index contributed by atoms with van der Waals surface area (Å²) in [6, 6.07) is 5.33. The maximum absolute atomic E-state index is 12.5. The Bertz CT molecular complexity index is 624. The Morgan fingerprint density at radius 3 is 2.58 bits per heavy atom. The number of ketones is 1. The minimum absolute atomic E-state index is 0.0561. The van der Waals surface area contributed by atoms with Crippen LogP contribution in [0, 0.1) is 2.88 Å². The van der Waals surface area contributed by atoms with E-state index in [0.29, 0.717) is 27.1 Å². The number of hydrogen-bond acceptors (Lipinski definition) is 4. The second-order valence-corrected chi connectivity index (χ2v) is 7.23. The molecular formula is C13H10BrIO3S. The summed E-state index contributed by atoms with van der Waals surface area (Å²) in [6.45, 7) is 0. The quantitative estimate of drug-likeness (QED) is 0.510. The van der Waals surface area contributed by atoms with E-state index in [9.17, 15) is 4.79 Å². The molecule has 0 aliphatic carbocycles. The number of thiophene rings is 1. The summed E-state index contributed by atoms with van der Waals surface area (Å²) in [7, 11) is 3.11. The molecule has 0 saturated carbocycles. The van der Waals surface area contributed by atoms with E-state index in [-0.39, 0.29) is 5.78 Å². The van der Waals surface area contributed by atoms with Crippen molar-refractivity contribution in [3.8, 4) is 11.5 Å². The van der Waals surface area contributed by atoms with Gasteiger partial charge < -0.3 is 9.47 Å². The number of methoxy groups -OCH3 is 2. The summed E-state index contributed by atoms with van der Waals surface area (Å²) >= 11 is 7.13. The lowest BCUT2D eigenvalue weighted by molar-refractivity contribution is 0.103. The third kappa shape index (κ3) is 2.95. The summed E-state index contributed by atoms with van der Waals surface area (Å²) in [6.07, 6.45) is 0. The van der Waals surface area contributed by atoms with E-state index < -0.39 is 0 Å². The van der Waals surface area contributed by atoms with Crippen LogP contribution in [0.4, 0.5) is 0 Å². The smallest absolute Gasteiger partial charge is 0.197 e. The Balaban J connectivity index is 2.50. The van der Waals surface area contributed by atoms with E-state index >= 15 is 0 Å². The van der Waals surface area contributed by atoms with Crippen molar-refractivity contribution in [3.63, 3.8) is 0 Å². The molecule has 6 heteroatoms. The maximum atomic E-state index is 12.5. The Morgan fingerprint density at radius 2 is 2.05 bits per heavy atom. The molecule has 1 aromatic heterocycles. The van der Waals surface area contributed by atoms with E-state index in [4.69, 9.17) is 9.47 Å². The molecule has 0 unspecified atom stereocenters. The third-order valence-corrected chi connectivity index (χ3v) is 5.10. The van der Waals surface area contributed by atoms with Gasteiger partial charge >= 0.3 is 0 Å². The summed E-state index contributed by atoms with van der Waals surface area (Å²) in [5, 5.41) is 1.85. The molecule has 0 radical (unpaired) electrons. The molecule has 0 atom stereocenters. The van der Waals surface area contributed by atoms with E-state index in [1.54, 1.807) is 30.6 Å². The first-order valence-electron chi connectivity index (χ1n) is 5.27. The van der Waals surface area contributed by atoms with Crippen LogP contribution in [0.3, 0.4) is 0 Å². The molecule has 2 aromatic rings. The van der Waals surface area contributed by atoms with Gasteiger partial charge in [-0.15, -0.1) is 11.3 Å². The Labute approximate surface area is 137 Å². The van der Waals surface area contributed by atoms with Gasteiger partial charge in [0, 0.05) is 10.9 Å². The third-order valence-electron chi connectivity index (χ3n) is 2.56. The molecule has 0 aliphatic heterocycles. The van der Waals surface area contributed by atoms with Crippen molar-refractivity contribution in [2.24, 2.45) is 0 Å². The number of benzene rings is 1. The fourth-order valence-electron chi connectivity index (χ4n) is 1.66. The van der Waals surface area contributed by atoms with Gasteiger partial charge in [-0.1, -0.05) is 0 Å². The van der Waals surface area contributed by atoms with Crippen LogP contribution >= 0.6 is 49.9 Å². The van der Waals surface area contributed by atoms with Crippen molar-refractivity contribution < 1.29 is 14.3 Å². The Hall–Kier alpha value is -0.600. The highest BCUT2D eigenvalue weighted by molar-refractivity contribution is 14.1. The van der Waals surface area contributed by atoms with Crippen molar-refractivity contribution in [1.82, 2.24) is 0 Å². The fourth-order valence-corrected chi connectivity index (χ4v) is 3.65. The van der Waals surface area contributed by atoms with Crippen LogP contribution in [-0.2, 0) is 0 Å². The van der Waals surface area contributed by atoms with Crippen LogP contribution in [0.2, 0.25) is 0 Å². The molecule has 0 N–H and O–H groups in total. The van der Waals surface area contributed by atoms with Gasteiger partial charge in [0.05, 0.1) is 22.7 Å². The number of rotatable bonds is 4. The highest BCUT2D eigenvalue weighted by atomic mass is 127. The number of carbonyl (C=O) groups is 1. The predicted octanol–water partition coefficient (Wildman–Crippen LogP) is 4.36. The Morgan fingerprint density at radius 1 is 1.32 bits per heavy atom. The first-order chi connectivity index (χ1) is 9.08. The lowest BCUT2D eigenvalue weighted by Gasteiger charge is -2.12. The zero-order valence-corrected chi connectivity index (χ0v) is 14.8. The standard InChI is InChI=1S/C13H10BrIO3S/c1-17-9-4-3-8(13(18-2)11(9)14)12(16)7-5-10(15)19-6-7/h3-6H,1-2H3. The normalized spacial score (nSPS) is 10.3. The van der Waals surface area contributed by atoms with Gasteiger partial charge in [0.2, 0.25) is 0 Å². The van der Waals surface area contributed by atoms with Crippen molar-refractivity contribution in [1.29, 1.82) is 0 Å². The molecule has 0 amide bonds. The molecular weight excluding hydrogens is 443 g/mol. The molecule has 1 heterocycles. The minimum atomic E-state index is -0.0561. The second-order valence-electron chi connectivity index (χ2n) is 3.63. The molecule has 0 fully saturated rings. The molecule has 2 rings (SSSR count). The van der Waals surface area contributed by atoms with Crippen LogP contribution in [0.15, 0.2) is 28.1 Å². The number of ether oxygens (including phenoxy) is 2. The van der Waals surface area contributed by atoms with E-state index in [1.807, 2.05) is 11.4 Å². The van der Waals surface area contributed by atoms with Crippen molar-refractivity contribution in [2.75, 3.05) is 14.2 Å². The SMILES string of the molecule is COc1ccc(C(=O)c2csc(I)c2)c(OC)c1Br. The average molecular weight is 453 g/mol. The van der Waals surface area contributed by atoms with Gasteiger partial charge in [-0.2, -0.15) is 0 Å². The molecule has 19 heavy (non-hydrogen) atoms. The number of hydrogen-bond donors (Lipinski definition) is 0. The van der Waals surface area contributed by atoms with Gasteiger partial charge in [0.25, 0.3) is 0 Å². The maximum Gasteiger partial charge on any atom is 0.197 e. The number of carbonyl (C=O) groups excluding carboxylic acids is 1. The van der Waals surface area contributed by atoms with E-state index in [0.717, 1.165) is 2.88 Å². The zero-order valence-electron chi connectivity index (χ0n) is 10.2. The van der Waals surface area contributed by atoms with Gasteiger partial charge in [-0.3, -0.25) is 4.79 Å². The minimum Gasteiger partial charge on any atom is -0.495 e. The summed E-state index contributed by atoms with van der Waals surface area (Å²) in [5.74, 6) is 1.07. The summed E-state index contributed by atoms with van der Waals surface area (Å²) in [5.41, 5.74) is 1.19. The fraction of sp³-hybridized carbons (Fsp3) is 0.154. The van der Waals surface area contributed by atoms with Crippen molar-refractivity contribution >= 4 is 55.6 Å². The zero-order chi connectivity index (χ0) is 14.0. The summed E-state index contributed by atoms with van der Waals surface area (Å²) < 4.78 is 12.2. The van der Waals surface area contributed by atoms with E-state index in [1.165, 1.54) is 7.11 Å². The van der Waals surface area contributed by atoms with Gasteiger partial charge in [-0.05, 0) is 56.7 Å². The van der Waals surface area contributed by atoms with Crippen molar-refractivity contribution in [3.05, 3.63) is 42.1 Å². The van der Waals surface area contributed by atoms with Crippen molar-refractivity contribution in [2.45, 2.75) is 0 Å². The van der Waals surface area contributed by atoms with Crippen LogP contribution in [0.25, 0.3) is 0 Å². The summed E-state index contributed by atoms with van der Waals surface area (Å²) in [4.78, 5) is 12.5. The van der Waals surface area contributed by atoms with Gasteiger partial charge in [0.15, 0.2) is 5.78 Å². The molecule has 0 bridgehead atoms.